The molecule has 1 N–H and O–H groups in total. The van der Waals surface area contributed by atoms with Crippen LogP contribution in [0.25, 0.3) is 11.6 Å². The first-order chi connectivity index (χ1) is 11.6. The molecule has 24 heavy (non-hydrogen) atoms. The number of aromatic nitrogens is 3. The van der Waals surface area contributed by atoms with Gasteiger partial charge in [0.15, 0.2) is 0 Å². The summed E-state index contributed by atoms with van der Waals surface area (Å²) in [6.45, 7) is 1.87. The second kappa shape index (κ2) is 6.59. The summed E-state index contributed by atoms with van der Waals surface area (Å²) in [5.74, 6) is -0.672. The molecule has 2 heterocycles. The van der Waals surface area contributed by atoms with Gasteiger partial charge in [0.2, 0.25) is 0 Å². The summed E-state index contributed by atoms with van der Waals surface area (Å²) < 4.78 is 9.97. The van der Waals surface area contributed by atoms with Gasteiger partial charge in [-0.3, -0.25) is 10.1 Å². The van der Waals surface area contributed by atoms with E-state index in [9.17, 15) is 9.59 Å². The third kappa shape index (κ3) is 3.30. The summed E-state index contributed by atoms with van der Waals surface area (Å²) in [4.78, 5) is 27.7. The topological polar surface area (TPSA) is 107 Å². The lowest BCUT2D eigenvalue weighted by Crippen LogP contribution is -2.12. The van der Waals surface area contributed by atoms with Crippen molar-refractivity contribution in [1.29, 1.82) is 0 Å². The number of hydrogen-bond acceptors (Lipinski definition) is 8. The lowest BCUT2D eigenvalue weighted by atomic mass is 10.1. The van der Waals surface area contributed by atoms with Crippen LogP contribution in [0.3, 0.4) is 0 Å². The van der Waals surface area contributed by atoms with Crippen molar-refractivity contribution in [2.24, 2.45) is 0 Å². The van der Waals surface area contributed by atoms with E-state index in [0.717, 1.165) is 5.01 Å². The van der Waals surface area contributed by atoms with Crippen molar-refractivity contribution in [1.82, 2.24) is 15.2 Å². The van der Waals surface area contributed by atoms with Gasteiger partial charge in [-0.1, -0.05) is 5.10 Å². The number of rotatable bonds is 4. The molecule has 8 nitrogen and oxygen atoms in total. The number of aryl methyl sites for hydroxylation is 1. The van der Waals surface area contributed by atoms with Gasteiger partial charge >= 0.3 is 12.0 Å². The van der Waals surface area contributed by atoms with E-state index in [4.69, 9.17) is 4.42 Å². The van der Waals surface area contributed by atoms with Crippen LogP contribution in [0.1, 0.15) is 25.7 Å². The Morgan fingerprint density at radius 3 is 2.50 bits per heavy atom. The summed E-state index contributed by atoms with van der Waals surface area (Å²) in [5.41, 5.74) is 1.26. The minimum atomic E-state index is -0.470. The van der Waals surface area contributed by atoms with Gasteiger partial charge in [-0.15, -0.1) is 16.4 Å². The molecule has 1 amide bonds. The normalized spacial score (nSPS) is 10.4. The predicted molar refractivity (Wildman–Crippen MR) is 85.9 cm³/mol. The van der Waals surface area contributed by atoms with Crippen molar-refractivity contribution >= 4 is 29.2 Å². The molecule has 0 aliphatic rings. The minimum Gasteiger partial charge on any atom is -0.465 e. The van der Waals surface area contributed by atoms with Crippen molar-refractivity contribution in [2.75, 3.05) is 12.4 Å². The molecule has 0 saturated carbocycles. The summed E-state index contributed by atoms with van der Waals surface area (Å²) in [6.07, 6.45) is 0. The van der Waals surface area contributed by atoms with Crippen LogP contribution < -0.4 is 5.32 Å². The Kier molecular flexibility index (Phi) is 4.34. The number of benzene rings is 1. The molecule has 0 saturated heterocycles. The van der Waals surface area contributed by atoms with Crippen LogP contribution >= 0.6 is 11.3 Å². The first-order valence-corrected chi connectivity index (χ1v) is 7.70. The van der Waals surface area contributed by atoms with Gasteiger partial charge in [-0.2, -0.15) is 0 Å². The first kappa shape index (κ1) is 15.8. The van der Waals surface area contributed by atoms with E-state index in [-0.39, 0.29) is 11.9 Å². The molecule has 3 rings (SSSR count). The van der Waals surface area contributed by atoms with E-state index in [0.29, 0.717) is 16.8 Å². The van der Waals surface area contributed by atoms with Gasteiger partial charge in [0.05, 0.1) is 17.7 Å². The Balaban J connectivity index is 1.71. The summed E-state index contributed by atoms with van der Waals surface area (Å²) in [7, 11) is 1.29. The Hall–Kier alpha value is -3.07. The zero-order valence-corrected chi connectivity index (χ0v) is 13.6. The zero-order valence-electron chi connectivity index (χ0n) is 12.8. The lowest BCUT2D eigenvalue weighted by Gasteiger charge is -2.02. The maximum Gasteiger partial charge on any atom is 0.337 e. The number of carbonyl (C=O) groups excluding carboxylic acids is 2. The molecule has 0 bridgehead atoms. The minimum absolute atomic E-state index is 0.0299. The highest BCUT2D eigenvalue weighted by Crippen LogP contribution is 2.21. The molecule has 3 aromatic rings. The lowest BCUT2D eigenvalue weighted by molar-refractivity contribution is 0.0600. The number of ether oxygens (including phenoxy) is 1. The van der Waals surface area contributed by atoms with Gasteiger partial charge < -0.3 is 9.15 Å². The molecule has 122 valence electrons. The third-order valence-electron chi connectivity index (χ3n) is 3.05. The number of nitrogens with one attached hydrogen (secondary N) is 1. The van der Waals surface area contributed by atoms with Crippen molar-refractivity contribution in [3.05, 3.63) is 45.8 Å². The number of methoxy groups -OCH3 is 1. The van der Waals surface area contributed by atoms with Gasteiger partial charge in [0.1, 0.15) is 5.69 Å². The number of hydrogen-bond donors (Lipinski definition) is 1. The standard InChI is InChI=1S/C15H12N4O4S/c1-8-16-11(7-24-8)13-18-19-15(23-13)17-12(20)9-3-5-10(6-4-9)14(21)22-2/h3-7H,1-2H3,(H,17,19,20). The van der Waals surface area contributed by atoms with Crippen molar-refractivity contribution in [3.8, 4) is 11.6 Å². The van der Waals surface area contributed by atoms with Gasteiger partial charge in [0, 0.05) is 10.9 Å². The van der Waals surface area contributed by atoms with E-state index >= 15 is 0 Å². The van der Waals surface area contributed by atoms with Gasteiger partial charge in [-0.05, 0) is 31.2 Å². The van der Waals surface area contributed by atoms with Crippen LogP contribution in [0, 0.1) is 6.92 Å². The quantitative estimate of drug-likeness (QED) is 0.725. The molecule has 0 atom stereocenters. The molecule has 9 heteroatoms. The fraction of sp³-hybridized carbons (Fsp3) is 0.133. The second-order valence-corrected chi connectivity index (χ2v) is 5.75. The van der Waals surface area contributed by atoms with Crippen LogP contribution in [0.4, 0.5) is 6.01 Å². The molecule has 0 spiro atoms. The fourth-order valence-corrected chi connectivity index (χ4v) is 2.47. The molecule has 1 aromatic carbocycles. The third-order valence-corrected chi connectivity index (χ3v) is 3.83. The molecule has 0 fully saturated rings. The molecule has 2 aromatic heterocycles. The van der Waals surface area contributed by atoms with Crippen molar-refractivity contribution in [2.45, 2.75) is 6.92 Å². The van der Waals surface area contributed by atoms with Gasteiger partial charge in [-0.25, -0.2) is 9.78 Å². The SMILES string of the molecule is COC(=O)c1ccc(C(=O)Nc2nnc(-c3csc(C)n3)o2)cc1. The Labute approximate surface area is 140 Å². The highest BCUT2D eigenvalue weighted by atomic mass is 32.1. The van der Waals surface area contributed by atoms with Crippen molar-refractivity contribution < 1.29 is 18.7 Å². The van der Waals surface area contributed by atoms with Crippen LogP contribution in [0.2, 0.25) is 0 Å². The summed E-state index contributed by atoms with van der Waals surface area (Å²) >= 11 is 1.46. The number of esters is 1. The largest absolute Gasteiger partial charge is 0.465 e. The predicted octanol–water partition coefficient (Wildman–Crippen LogP) is 2.54. The molecular weight excluding hydrogens is 332 g/mol. The van der Waals surface area contributed by atoms with E-state index in [1.54, 1.807) is 5.38 Å². The number of amides is 1. The zero-order chi connectivity index (χ0) is 17.1. The first-order valence-electron chi connectivity index (χ1n) is 6.82. The summed E-state index contributed by atoms with van der Waals surface area (Å²) in [6, 6.07) is 5.97. The van der Waals surface area contributed by atoms with Crippen LogP contribution in [0.5, 0.6) is 0 Å². The Morgan fingerprint density at radius 2 is 1.88 bits per heavy atom. The fourth-order valence-electron chi connectivity index (χ4n) is 1.88. The highest BCUT2D eigenvalue weighted by Gasteiger charge is 2.15. The number of thiazole rings is 1. The molecule has 0 aliphatic carbocycles. The average molecular weight is 344 g/mol. The molecular formula is C15H12N4O4S. The van der Waals surface area contributed by atoms with Crippen LogP contribution in [-0.4, -0.2) is 34.2 Å². The average Bonchev–Trinajstić information content (AvgIpc) is 3.23. The second-order valence-electron chi connectivity index (χ2n) is 4.69. The van der Waals surface area contributed by atoms with Crippen LogP contribution in [0.15, 0.2) is 34.1 Å². The molecule has 0 unspecified atom stereocenters. The summed E-state index contributed by atoms with van der Waals surface area (Å²) in [5, 5.41) is 12.8. The van der Waals surface area contributed by atoms with E-state index in [2.05, 4.69) is 25.2 Å². The molecule has 0 radical (unpaired) electrons. The monoisotopic (exact) mass is 344 g/mol. The smallest absolute Gasteiger partial charge is 0.337 e. The van der Waals surface area contributed by atoms with E-state index < -0.39 is 11.9 Å². The van der Waals surface area contributed by atoms with E-state index in [1.807, 2.05) is 6.92 Å². The molecule has 0 aliphatic heterocycles. The van der Waals surface area contributed by atoms with E-state index in [1.165, 1.54) is 42.7 Å². The van der Waals surface area contributed by atoms with Gasteiger partial charge in [0.25, 0.3) is 11.8 Å². The Bertz CT molecular complexity index is 885. The number of carbonyl (C=O) groups is 2. The maximum absolute atomic E-state index is 12.1. The number of anilines is 1. The number of nitrogens with zero attached hydrogens (tertiary/aromatic N) is 3. The van der Waals surface area contributed by atoms with Crippen LogP contribution in [-0.2, 0) is 4.74 Å². The Morgan fingerprint density at radius 1 is 1.17 bits per heavy atom. The van der Waals surface area contributed by atoms with Crippen molar-refractivity contribution in [3.63, 3.8) is 0 Å². The highest BCUT2D eigenvalue weighted by molar-refractivity contribution is 7.09. The maximum atomic E-state index is 12.1.